The van der Waals surface area contributed by atoms with Crippen molar-refractivity contribution >= 4 is 11.6 Å². The topological polar surface area (TPSA) is 41.6 Å². The van der Waals surface area contributed by atoms with Gasteiger partial charge in [0.15, 0.2) is 0 Å². The first-order valence-electron chi connectivity index (χ1n) is 7.05. The number of nitrogens with one attached hydrogen (secondary N) is 1. The molecule has 1 atom stereocenters. The van der Waals surface area contributed by atoms with E-state index >= 15 is 0 Å². The quantitative estimate of drug-likeness (QED) is 0.835. The van der Waals surface area contributed by atoms with Crippen LogP contribution in [0.1, 0.15) is 18.4 Å². The van der Waals surface area contributed by atoms with E-state index in [2.05, 4.69) is 23.5 Å². The van der Waals surface area contributed by atoms with E-state index in [1.54, 1.807) is 0 Å². The molecule has 3 rings (SSSR count). The van der Waals surface area contributed by atoms with Gasteiger partial charge in [-0.15, -0.1) is 0 Å². The Kier molecular flexibility index (Phi) is 3.69. The molecule has 2 aliphatic heterocycles. The molecule has 0 spiro atoms. The summed E-state index contributed by atoms with van der Waals surface area (Å²) in [6.07, 6.45) is 2.80. The Balaban J connectivity index is 1.68. The predicted octanol–water partition coefficient (Wildman–Crippen LogP) is 1.66. The highest BCUT2D eigenvalue weighted by molar-refractivity contribution is 5.85. The highest BCUT2D eigenvalue weighted by atomic mass is 16.5. The molecule has 2 heterocycles. The second kappa shape index (κ2) is 5.61. The van der Waals surface area contributed by atoms with Gasteiger partial charge >= 0.3 is 0 Å². The lowest BCUT2D eigenvalue weighted by atomic mass is 9.97. The lowest BCUT2D eigenvalue weighted by Crippen LogP contribution is -2.45. The van der Waals surface area contributed by atoms with E-state index in [0.717, 1.165) is 44.6 Å². The van der Waals surface area contributed by atoms with Crippen molar-refractivity contribution in [3.05, 3.63) is 29.8 Å². The molecular weight excluding hydrogens is 240 g/mol. The summed E-state index contributed by atoms with van der Waals surface area (Å²) in [4.78, 5) is 14.5. The lowest BCUT2D eigenvalue weighted by Gasteiger charge is -2.30. The van der Waals surface area contributed by atoms with Gasteiger partial charge in [0.1, 0.15) is 6.04 Å². The minimum absolute atomic E-state index is 0.0759. The molecule has 0 radical (unpaired) electrons. The highest BCUT2D eigenvalue weighted by Gasteiger charge is 2.27. The third kappa shape index (κ3) is 2.73. The monoisotopic (exact) mass is 260 g/mol. The number of nitrogens with zero attached hydrogens (tertiary/aromatic N) is 1. The number of carbonyl (C=O) groups excluding carboxylic acids is 1. The predicted molar refractivity (Wildman–Crippen MR) is 74.2 cm³/mol. The normalized spacial score (nSPS) is 23.2. The molecule has 0 bridgehead atoms. The maximum atomic E-state index is 12.5. The number of carbonyl (C=O) groups is 1. The Labute approximate surface area is 113 Å². The molecule has 0 aromatic heterocycles. The molecule has 102 valence electrons. The molecule has 1 amide bonds. The minimum atomic E-state index is -0.0759. The molecule has 0 aliphatic carbocycles. The SMILES string of the molecule is O=C(C1CCc2ccccc2N1)N1CCCOCC1. The highest BCUT2D eigenvalue weighted by Crippen LogP contribution is 2.25. The van der Waals surface area contributed by atoms with Crippen LogP contribution >= 0.6 is 0 Å². The van der Waals surface area contributed by atoms with Crippen LogP contribution in [-0.4, -0.2) is 43.2 Å². The number of amides is 1. The third-order valence-corrected chi connectivity index (χ3v) is 3.88. The molecule has 19 heavy (non-hydrogen) atoms. The van der Waals surface area contributed by atoms with Gasteiger partial charge in [0, 0.05) is 25.4 Å². The van der Waals surface area contributed by atoms with Crippen molar-refractivity contribution in [2.75, 3.05) is 31.6 Å². The summed E-state index contributed by atoms with van der Waals surface area (Å²) in [7, 11) is 0. The van der Waals surface area contributed by atoms with Gasteiger partial charge in [-0.1, -0.05) is 18.2 Å². The van der Waals surface area contributed by atoms with Crippen LogP contribution in [0.5, 0.6) is 0 Å². The van der Waals surface area contributed by atoms with E-state index in [0.29, 0.717) is 6.61 Å². The van der Waals surface area contributed by atoms with Crippen LogP contribution in [0.4, 0.5) is 5.69 Å². The molecule has 1 saturated heterocycles. The zero-order chi connectivity index (χ0) is 13.1. The molecule has 4 heteroatoms. The van der Waals surface area contributed by atoms with Crippen molar-refractivity contribution in [3.8, 4) is 0 Å². The van der Waals surface area contributed by atoms with Gasteiger partial charge in [-0.2, -0.15) is 0 Å². The third-order valence-electron chi connectivity index (χ3n) is 3.88. The van der Waals surface area contributed by atoms with Gasteiger partial charge in [-0.3, -0.25) is 4.79 Å². The molecule has 2 aliphatic rings. The van der Waals surface area contributed by atoms with E-state index in [1.165, 1.54) is 5.56 Å². The number of aryl methyl sites for hydroxylation is 1. The fourth-order valence-electron chi connectivity index (χ4n) is 2.81. The van der Waals surface area contributed by atoms with Crippen LogP contribution in [0.25, 0.3) is 0 Å². The summed E-state index contributed by atoms with van der Waals surface area (Å²) in [5.41, 5.74) is 2.42. The smallest absolute Gasteiger partial charge is 0.245 e. The summed E-state index contributed by atoms with van der Waals surface area (Å²) in [6.45, 7) is 2.97. The zero-order valence-electron chi connectivity index (χ0n) is 11.1. The van der Waals surface area contributed by atoms with Gasteiger partial charge in [-0.05, 0) is 30.9 Å². The molecule has 1 aromatic rings. The van der Waals surface area contributed by atoms with E-state index in [4.69, 9.17) is 4.74 Å². The maximum absolute atomic E-state index is 12.5. The Morgan fingerprint density at radius 1 is 1.26 bits per heavy atom. The van der Waals surface area contributed by atoms with E-state index in [9.17, 15) is 4.79 Å². The van der Waals surface area contributed by atoms with Crippen molar-refractivity contribution in [1.29, 1.82) is 0 Å². The number of rotatable bonds is 1. The van der Waals surface area contributed by atoms with Crippen LogP contribution in [-0.2, 0) is 16.0 Å². The molecule has 1 fully saturated rings. The minimum Gasteiger partial charge on any atom is -0.380 e. The number of fused-ring (bicyclic) bond motifs is 1. The molecule has 1 unspecified atom stereocenters. The molecule has 4 nitrogen and oxygen atoms in total. The standard InChI is InChI=1S/C15H20N2O2/c18-15(17-8-3-10-19-11-9-17)14-7-6-12-4-1-2-5-13(12)16-14/h1-2,4-5,14,16H,3,6-11H2. The first-order chi connectivity index (χ1) is 9.34. The van der Waals surface area contributed by atoms with Crippen molar-refractivity contribution < 1.29 is 9.53 Å². The van der Waals surface area contributed by atoms with Crippen molar-refractivity contribution in [2.24, 2.45) is 0 Å². The van der Waals surface area contributed by atoms with E-state index in [-0.39, 0.29) is 11.9 Å². The zero-order valence-corrected chi connectivity index (χ0v) is 11.1. The Hall–Kier alpha value is -1.55. The number of anilines is 1. The fourth-order valence-corrected chi connectivity index (χ4v) is 2.81. The van der Waals surface area contributed by atoms with Gasteiger partial charge in [0.2, 0.25) is 5.91 Å². The summed E-state index contributed by atoms with van der Waals surface area (Å²) in [5, 5.41) is 3.38. The Bertz CT molecular complexity index is 453. The van der Waals surface area contributed by atoms with Gasteiger partial charge in [0.25, 0.3) is 0 Å². The van der Waals surface area contributed by atoms with Crippen LogP contribution in [0.15, 0.2) is 24.3 Å². The van der Waals surface area contributed by atoms with Gasteiger partial charge in [0.05, 0.1) is 6.61 Å². The van der Waals surface area contributed by atoms with Crippen molar-refractivity contribution in [3.63, 3.8) is 0 Å². The maximum Gasteiger partial charge on any atom is 0.245 e. The van der Waals surface area contributed by atoms with Crippen molar-refractivity contribution in [1.82, 2.24) is 4.90 Å². The first-order valence-corrected chi connectivity index (χ1v) is 7.05. The second-order valence-corrected chi connectivity index (χ2v) is 5.18. The largest absolute Gasteiger partial charge is 0.380 e. The summed E-state index contributed by atoms with van der Waals surface area (Å²) >= 11 is 0. The Morgan fingerprint density at radius 2 is 2.16 bits per heavy atom. The van der Waals surface area contributed by atoms with Gasteiger partial charge < -0.3 is 15.0 Å². The lowest BCUT2D eigenvalue weighted by molar-refractivity contribution is -0.132. The number of benzene rings is 1. The van der Waals surface area contributed by atoms with Crippen molar-refractivity contribution in [2.45, 2.75) is 25.3 Å². The second-order valence-electron chi connectivity index (χ2n) is 5.18. The fraction of sp³-hybridized carbons (Fsp3) is 0.533. The molecule has 1 aromatic carbocycles. The summed E-state index contributed by atoms with van der Waals surface area (Å²) in [5.74, 6) is 0.222. The van der Waals surface area contributed by atoms with Crippen LogP contribution in [0.3, 0.4) is 0 Å². The molecule has 1 N–H and O–H groups in total. The number of para-hydroxylation sites is 1. The number of ether oxygens (including phenoxy) is 1. The average Bonchev–Trinajstić information content (AvgIpc) is 2.75. The number of hydrogen-bond acceptors (Lipinski definition) is 3. The summed E-state index contributed by atoms with van der Waals surface area (Å²) in [6, 6.07) is 8.17. The Morgan fingerprint density at radius 3 is 3.11 bits per heavy atom. The van der Waals surface area contributed by atoms with Crippen LogP contribution in [0, 0.1) is 0 Å². The molecule has 0 saturated carbocycles. The van der Waals surface area contributed by atoms with Crippen LogP contribution in [0.2, 0.25) is 0 Å². The van der Waals surface area contributed by atoms with E-state index < -0.39 is 0 Å². The average molecular weight is 260 g/mol. The first kappa shape index (κ1) is 12.5. The van der Waals surface area contributed by atoms with E-state index in [1.807, 2.05) is 11.0 Å². The van der Waals surface area contributed by atoms with Gasteiger partial charge in [-0.25, -0.2) is 0 Å². The number of hydrogen-bond donors (Lipinski definition) is 1. The van der Waals surface area contributed by atoms with Crippen LogP contribution < -0.4 is 5.32 Å². The summed E-state index contributed by atoms with van der Waals surface area (Å²) < 4.78 is 5.40. The molecular formula is C15H20N2O2.